The lowest BCUT2D eigenvalue weighted by Crippen LogP contribution is -2.18. The highest BCUT2D eigenvalue weighted by atomic mass is 32.2. The van der Waals surface area contributed by atoms with Crippen molar-refractivity contribution >= 4 is 32.2 Å². The summed E-state index contributed by atoms with van der Waals surface area (Å²) in [5.74, 6) is 0.660. The molecule has 2 heterocycles. The molecule has 0 saturated carbocycles. The zero-order valence-electron chi connectivity index (χ0n) is 17.8. The van der Waals surface area contributed by atoms with E-state index in [9.17, 15) is 13.2 Å². The fourth-order valence-corrected chi connectivity index (χ4v) is 5.23. The number of anilines is 1. The van der Waals surface area contributed by atoms with E-state index in [1.165, 1.54) is 29.0 Å². The Hall–Kier alpha value is -2.91. The van der Waals surface area contributed by atoms with Crippen molar-refractivity contribution in [3.63, 3.8) is 0 Å². The molecular weight excluding hydrogens is 448 g/mol. The molecule has 1 amide bonds. The lowest BCUT2D eigenvalue weighted by molar-refractivity contribution is -0.115. The van der Waals surface area contributed by atoms with Gasteiger partial charge in [-0.25, -0.2) is 13.4 Å². The number of aromatic nitrogens is 1. The predicted molar refractivity (Wildman–Crippen MR) is 124 cm³/mol. The Bertz CT molecular complexity index is 1220. The smallest absolute Gasteiger partial charge is 0.227 e. The van der Waals surface area contributed by atoms with E-state index in [0.29, 0.717) is 35.8 Å². The summed E-state index contributed by atoms with van der Waals surface area (Å²) in [6, 6.07) is 12.6. The highest BCUT2D eigenvalue weighted by molar-refractivity contribution is 7.91. The number of nitrogens with one attached hydrogen (secondary N) is 1. The molecule has 3 aromatic rings. The molecule has 0 bridgehead atoms. The van der Waals surface area contributed by atoms with Crippen LogP contribution in [0.1, 0.15) is 31.7 Å². The minimum absolute atomic E-state index is 0.107. The van der Waals surface area contributed by atoms with Crippen LogP contribution in [-0.4, -0.2) is 38.3 Å². The minimum Gasteiger partial charge on any atom is -0.486 e. The molecule has 0 spiro atoms. The Morgan fingerprint density at radius 3 is 2.53 bits per heavy atom. The van der Waals surface area contributed by atoms with Gasteiger partial charge in [0.2, 0.25) is 5.91 Å². The van der Waals surface area contributed by atoms with Crippen LogP contribution in [0.3, 0.4) is 0 Å². The normalized spacial score (nSPS) is 13.2. The summed E-state index contributed by atoms with van der Waals surface area (Å²) in [5.41, 5.74) is 2.98. The lowest BCUT2D eigenvalue weighted by Gasteiger charge is -2.18. The molecule has 1 aliphatic heterocycles. The highest BCUT2D eigenvalue weighted by Gasteiger charge is 2.21. The number of ether oxygens (including phenoxy) is 2. The molecule has 1 N–H and O–H groups in total. The number of sulfone groups is 1. The van der Waals surface area contributed by atoms with E-state index in [0.717, 1.165) is 11.3 Å². The third kappa shape index (κ3) is 5.11. The molecule has 7 nitrogen and oxygen atoms in total. The van der Waals surface area contributed by atoms with E-state index < -0.39 is 15.7 Å². The van der Waals surface area contributed by atoms with Crippen LogP contribution in [0.2, 0.25) is 0 Å². The van der Waals surface area contributed by atoms with Gasteiger partial charge in [0.25, 0.3) is 0 Å². The van der Waals surface area contributed by atoms with E-state index in [4.69, 9.17) is 9.47 Å². The molecular formula is C23H24N2O5S2. The largest absolute Gasteiger partial charge is 0.486 e. The summed E-state index contributed by atoms with van der Waals surface area (Å²) >= 11 is 1.31. The number of carbonyl (C=O) groups excluding carboxylic acids is 1. The monoisotopic (exact) mass is 472 g/mol. The molecule has 0 unspecified atom stereocenters. The maximum atomic E-state index is 12.6. The zero-order valence-corrected chi connectivity index (χ0v) is 19.5. The maximum Gasteiger partial charge on any atom is 0.227 e. The van der Waals surface area contributed by atoms with Crippen LogP contribution in [0, 0.1) is 0 Å². The number of thiazole rings is 1. The van der Waals surface area contributed by atoms with Crippen molar-refractivity contribution in [2.24, 2.45) is 0 Å². The van der Waals surface area contributed by atoms with Gasteiger partial charge in [-0.3, -0.25) is 4.79 Å². The van der Waals surface area contributed by atoms with Crippen LogP contribution in [-0.2, 0) is 14.6 Å². The molecule has 0 saturated heterocycles. The third-order valence-electron chi connectivity index (χ3n) is 5.09. The van der Waals surface area contributed by atoms with E-state index in [1.54, 1.807) is 6.07 Å². The summed E-state index contributed by atoms with van der Waals surface area (Å²) in [6.45, 7) is 5.08. The molecule has 168 valence electrons. The number of nitrogens with zero attached hydrogens (tertiary/aromatic N) is 1. The Morgan fingerprint density at radius 1 is 1.09 bits per heavy atom. The first-order valence-corrected chi connectivity index (χ1v) is 12.8. The van der Waals surface area contributed by atoms with E-state index in [-0.39, 0.29) is 17.1 Å². The molecule has 0 fully saturated rings. The van der Waals surface area contributed by atoms with Crippen molar-refractivity contribution in [1.82, 2.24) is 4.98 Å². The van der Waals surface area contributed by atoms with Gasteiger partial charge in [-0.05, 0) is 23.6 Å². The number of carbonyl (C=O) groups is 1. The number of fused-ring (bicyclic) bond motifs is 1. The van der Waals surface area contributed by atoms with Crippen LogP contribution in [0.4, 0.5) is 5.13 Å². The average molecular weight is 473 g/mol. The van der Waals surface area contributed by atoms with Crippen molar-refractivity contribution in [3.8, 4) is 22.8 Å². The fourth-order valence-electron chi connectivity index (χ4n) is 3.25. The quantitative estimate of drug-likeness (QED) is 0.544. The predicted octanol–water partition coefficient (Wildman–Crippen LogP) is 4.51. The second-order valence-corrected chi connectivity index (χ2v) is 10.7. The standard InChI is InChI=1S/C23H24N2O5S2/c1-15(2)16-3-5-17(6-4-16)19-14-31-23(24-19)25-22(26)9-12-32(27,28)18-7-8-20-21(13-18)30-11-10-29-20/h3-8,13-15H,9-12H2,1-2H3,(H,24,25,26). The van der Waals surface area contributed by atoms with Gasteiger partial charge in [0.15, 0.2) is 26.5 Å². The molecule has 32 heavy (non-hydrogen) atoms. The fraction of sp³-hybridized carbons (Fsp3) is 0.304. The molecule has 0 atom stereocenters. The van der Waals surface area contributed by atoms with Gasteiger partial charge in [-0.15, -0.1) is 11.3 Å². The topological polar surface area (TPSA) is 94.6 Å². The van der Waals surface area contributed by atoms with Gasteiger partial charge >= 0.3 is 0 Å². The van der Waals surface area contributed by atoms with E-state index in [1.807, 2.05) is 17.5 Å². The number of hydrogen-bond acceptors (Lipinski definition) is 7. The van der Waals surface area contributed by atoms with E-state index in [2.05, 4.69) is 36.3 Å². The van der Waals surface area contributed by atoms with Crippen LogP contribution in [0.15, 0.2) is 52.7 Å². The summed E-state index contributed by atoms with van der Waals surface area (Å²) < 4.78 is 36.2. The first-order chi connectivity index (χ1) is 15.3. The second-order valence-electron chi connectivity index (χ2n) is 7.74. The van der Waals surface area contributed by atoms with Crippen molar-refractivity contribution in [1.29, 1.82) is 0 Å². The SMILES string of the molecule is CC(C)c1ccc(-c2csc(NC(=O)CCS(=O)(=O)c3ccc4c(c3)OCCO4)n2)cc1. The molecule has 0 radical (unpaired) electrons. The van der Waals surface area contributed by atoms with Crippen LogP contribution in [0.25, 0.3) is 11.3 Å². The van der Waals surface area contributed by atoms with Crippen LogP contribution < -0.4 is 14.8 Å². The number of rotatable bonds is 7. The van der Waals surface area contributed by atoms with Gasteiger partial charge < -0.3 is 14.8 Å². The van der Waals surface area contributed by atoms with Crippen molar-refractivity contribution < 1.29 is 22.7 Å². The van der Waals surface area contributed by atoms with Gasteiger partial charge in [0.05, 0.1) is 16.3 Å². The Morgan fingerprint density at radius 2 is 1.81 bits per heavy atom. The summed E-state index contributed by atoms with van der Waals surface area (Å²) in [7, 11) is -3.64. The zero-order chi connectivity index (χ0) is 22.7. The van der Waals surface area contributed by atoms with E-state index >= 15 is 0 Å². The molecule has 4 rings (SSSR count). The molecule has 1 aliphatic rings. The lowest BCUT2D eigenvalue weighted by atomic mass is 10.0. The number of amides is 1. The van der Waals surface area contributed by atoms with Gasteiger partial charge in [-0.2, -0.15) is 0 Å². The summed E-state index contributed by atoms with van der Waals surface area (Å²) in [4.78, 5) is 16.9. The van der Waals surface area contributed by atoms with Crippen molar-refractivity contribution in [2.45, 2.75) is 31.1 Å². The Kier molecular flexibility index (Phi) is 6.48. The second kappa shape index (κ2) is 9.30. The highest BCUT2D eigenvalue weighted by Crippen LogP contribution is 2.32. The van der Waals surface area contributed by atoms with Gasteiger partial charge in [0.1, 0.15) is 13.2 Å². The van der Waals surface area contributed by atoms with Crippen LogP contribution in [0.5, 0.6) is 11.5 Å². The van der Waals surface area contributed by atoms with Gasteiger partial charge in [-0.1, -0.05) is 38.1 Å². The summed E-state index contributed by atoms with van der Waals surface area (Å²) in [6.07, 6.45) is -0.172. The van der Waals surface area contributed by atoms with Gasteiger partial charge in [0, 0.05) is 23.4 Å². The molecule has 1 aromatic heterocycles. The first kappa shape index (κ1) is 22.3. The maximum absolute atomic E-state index is 12.6. The number of hydrogen-bond donors (Lipinski definition) is 1. The molecule has 2 aromatic carbocycles. The first-order valence-electron chi connectivity index (χ1n) is 10.3. The van der Waals surface area contributed by atoms with Crippen LogP contribution >= 0.6 is 11.3 Å². The molecule has 0 aliphatic carbocycles. The van der Waals surface area contributed by atoms with Crippen molar-refractivity contribution in [2.75, 3.05) is 24.3 Å². The molecule has 9 heteroatoms. The Labute approximate surface area is 191 Å². The Balaban J connectivity index is 1.36. The average Bonchev–Trinajstić information content (AvgIpc) is 3.26. The number of benzene rings is 2. The van der Waals surface area contributed by atoms with Crippen molar-refractivity contribution in [3.05, 3.63) is 53.4 Å². The minimum atomic E-state index is -3.64. The third-order valence-corrected chi connectivity index (χ3v) is 7.57. The summed E-state index contributed by atoms with van der Waals surface area (Å²) in [5, 5.41) is 5.00.